The molecule has 1 heterocycles. The number of hydrogen-bond donors (Lipinski definition) is 1. The molecule has 0 unspecified atom stereocenters. The highest BCUT2D eigenvalue weighted by molar-refractivity contribution is 5.77. The second-order valence-electron chi connectivity index (χ2n) is 6.67. The van der Waals surface area contributed by atoms with E-state index in [1.54, 1.807) is 6.08 Å². The number of hydrogen-bond acceptors (Lipinski definition) is 2. The van der Waals surface area contributed by atoms with E-state index < -0.39 is 17.6 Å². The standard InChI is InChI=1S/C24H21NO2/c26-23(27)22-17-10-18-25(22)24(19-11-4-1-5-12-19,20-13-6-2-7-14-20)21-15-8-3-9-16-21/h1-17,22H,18H2,(H,26,27)/t22-/m0/s1. The average molecular weight is 355 g/mol. The van der Waals surface area contributed by atoms with Gasteiger partial charge in [-0.1, -0.05) is 103 Å². The Morgan fingerprint density at radius 2 is 1.19 bits per heavy atom. The van der Waals surface area contributed by atoms with E-state index in [-0.39, 0.29) is 0 Å². The number of carboxylic acids is 1. The Labute approximate surface area is 159 Å². The third kappa shape index (κ3) is 2.86. The largest absolute Gasteiger partial charge is 0.480 e. The molecule has 0 amide bonds. The zero-order valence-electron chi connectivity index (χ0n) is 14.9. The van der Waals surface area contributed by atoms with Crippen molar-refractivity contribution in [2.45, 2.75) is 11.6 Å². The number of carboxylic acid groups (broad SMARTS) is 1. The van der Waals surface area contributed by atoms with Gasteiger partial charge in [-0.05, 0) is 16.7 Å². The zero-order valence-corrected chi connectivity index (χ0v) is 14.9. The van der Waals surface area contributed by atoms with Crippen LogP contribution in [0, 0.1) is 0 Å². The Morgan fingerprint density at radius 3 is 1.56 bits per heavy atom. The molecule has 0 bridgehead atoms. The lowest BCUT2D eigenvalue weighted by molar-refractivity contribution is -0.142. The van der Waals surface area contributed by atoms with E-state index in [9.17, 15) is 9.90 Å². The summed E-state index contributed by atoms with van der Waals surface area (Å²) in [5, 5.41) is 9.89. The molecule has 1 N–H and O–H groups in total. The van der Waals surface area contributed by atoms with Crippen molar-refractivity contribution in [2.24, 2.45) is 0 Å². The molecule has 1 aliphatic heterocycles. The molecule has 0 aromatic heterocycles. The summed E-state index contributed by atoms with van der Waals surface area (Å²) in [5.41, 5.74) is 2.46. The van der Waals surface area contributed by atoms with Gasteiger partial charge in [0.1, 0.15) is 6.04 Å². The van der Waals surface area contributed by atoms with Crippen molar-refractivity contribution < 1.29 is 9.90 Å². The Bertz CT molecular complexity index is 839. The van der Waals surface area contributed by atoms with Crippen molar-refractivity contribution in [3.05, 3.63) is 120 Å². The van der Waals surface area contributed by atoms with Crippen molar-refractivity contribution in [2.75, 3.05) is 6.54 Å². The highest BCUT2D eigenvalue weighted by Crippen LogP contribution is 2.44. The van der Waals surface area contributed by atoms with Gasteiger partial charge in [0.05, 0.1) is 5.54 Å². The van der Waals surface area contributed by atoms with Crippen LogP contribution in [0.3, 0.4) is 0 Å². The molecule has 0 spiro atoms. The van der Waals surface area contributed by atoms with Crippen LogP contribution in [0.1, 0.15) is 16.7 Å². The maximum absolute atomic E-state index is 12.1. The number of benzene rings is 3. The maximum atomic E-state index is 12.1. The third-order valence-electron chi connectivity index (χ3n) is 5.21. The van der Waals surface area contributed by atoms with Crippen LogP contribution in [-0.4, -0.2) is 28.6 Å². The first-order valence-corrected chi connectivity index (χ1v) is 9.07. The lowest BCUT2D eigenvalue weighted by Crippen LogP contribution is -2.53. The molecule has 3 nitrogen and oxygen atoms in total. The van der Waals surface area contributed by atoms with Gasteiger partial charge in [0, 0.05) is 6.54 Å². The van der Waals surface area contributed by atoms with E-state index in [4.69, 9.17) is 0 Å². The fourth-order valence-corrected chi connectivity index (χ4v) is 4.12. The molecule has 0 saturated carbocycles. The van der Waals surface area contributed by atoms with E-state index in [1.165, 1.54) is 0 Å². The monoisotopic (exact) mass is 355 g/mol. The van der Waals surface area contributed by atoms with Crippen molar-refractivity contribution in [3.8, 4) is 0 Å². The first-order valence-electron chi connectivity index (χ1n) is 9.07. The molecular formula is C24H21NO2. The molecule has 3 aromatic carbocycles. The second kappa shape index (κ2) is 7.22. The zero-order chi connectivity index (χ0) is 18.7. The average Bonchev–Trinajstić information content (AvgIpc) is 3.22. The summed E-state index contributed by atoms with van der Waals surface area (Å²) >= 11 is 0. The molecule has 0 saturated heterocycles. The highest BCUT2D eigenvalue weighted by Gasteiger charge is 2.47. The quantitative estimate of drug-likeness (QED) is 0.548. The first kappa shape index (κ1) is 17.3. The van der Waals surface area contributed by atoms with Gasteiger partial charge < -0.3 is 5.11 Å². The summed E-state index contributed by atoms with van der Waals surface area (Å²) in [6, 6.07) is 29.8. The van der Waals surface area contributed by atoms with Crippen molar-refractivity contribution in [3.63, 3.8) is 0 Å². The van der Waals surface area contributed by atoms with Gasteiger partial charge in [-0.3, -0.25) is 9.69 Å². The summed E-state index contributed by atoms with van der Waals surface area (Å²) in [6.45, 7) is 0.565. The second-order valence-corrected chi connectivity index (χ2v) is 6.67. The lowest BCUT2D eigenvalue weighted by Gasteiger charge is -2.45. The fraction of sp³-hybridized carbons (Fsp3) is 0.125. The fourth-order valence-electron chi connectivity index (χ4n) is 4.12. The summed E-state index contributed by atoms with van der Waals surface area (Å²) < 4.78 is 0. The molecule has 0 fully saturated rings. The Hall–Kier alpha value is -3.17. The van der Waals surface area contributed by atoms with Gasteiger partial charge in [-0.15, -0.1) is 0 Å². The molecule has 4 rings (SSSR count). The van der Waals surface area contributed by atoms with Crippen molar-refractivity contribution in [1.29, 1.82) is 0 Å². The lowest BCUT2D eigenvalue weighted by atomic mass is 9.75. The minimum atomic E-state index is -0.837. The van der Waals surface area contributed by atoms with Crippen LogP contribution in [0.25, 0.3) is 0 Å². The van der Waals surface area contributed by atoms with Crippen molar-refractivity contribution >= 4 is 5.97 Å². The topological polar surface area (TPSA) is 40.5 Å². The molecule has 3 aromatic rings. The normalized spacial score (nSPS) is 17.1. The summed E-state index contributed by atoms with van der Waals surface area (Å²) in [4.78, 5) is 14.1. The summed E-state index contributed by atoms with van der Waals surface area (Å²) in [6.07, 6.45) is 3.73. The molecule has 27 heavy (non-hydrogen) atoms. The predicted octanol–water partition coefficient (Wildman–Crippen LogP) is 4.30. The summed E-state index contributed by atoms with van der Waals surface area (Å²) in [5.74, 6) is -0.837. The molecule has 1 aliphatic rings. The Morgan fingerprint density at radius 1 is 0.778 bits per heavy atom. The van der Waals surface area contributed by atoms with Crippen LogP contribution < -0.4 is 0 Å². The van der Waals surface area contributed by atoms with Crippen LogP contribution in [0.5, 0.6) is 0 Å². The number of rotatable bonds is 5. The third-order valence-corrected chi connectivity index (χ3v) is 5.21. The van der Waals surface area contributed by atoms with Gasteiger partial charge in [0.15, 0.2) is 0 Å². The van der Waals surface area contributed by atoms with Crippen LogP contribution in [0.4, 0.5) is 0 Å². The van der Waals surface area contributed by atoms with Gasteiger partial charge in [-0.25, -0.2) is 0 Å². The van der Waals surface area contributed by atoms with Crippen LogP contribution in [0.2, 0.25) is 0 Å². The molecule has 0 radical (unpaired) electrons. The minimum absolute atomic E-state index is 0.565. The number of nitrogens with zero attached hydrogens (tertiary/aromatic N) is 1. The van der Waals surface area contributed by atoms with E-state index in [1.807, 2.05) is 60.7 Å². The molecular weight excluding hydrogens is 334 g/mol. The van der Waals surface area contributed by atoms with E-state index in [0.717, 1.165) is 16.7 Å². The van der Waals surface area contributed by atoms with E-state index in [0.29, 0.717) is 6.54 Å². The van der Waals surface area contributed by atoms with Crippen LogP contribution >= 0.6 is 0 Å². The molecule has 3 heteroatoms. The van der Waals surface area contributed by atoms with Crippen LogP contribution in [0.15, 0.2) is 103 Å². The van der Waals surface area contributed by atoms with Crippen molar-refractivity contribution in [1.82, 2.24) is 4.90 Å². The van der Waals surface area contributed by atoms with Crippen LogP contribution in [-0.2, 0) is 10.3 Å². The predicted molar refractivity (Wildman–Crippen MR) is 106 cm³/mol. The summed E-state index contributed by atoms with van der Waals surface area (Å²) in [7, 11) is 0. The molecule has 1 atom stereocenters. The smallest absolute Gasteiger partial charge is 0.324 e. The highest BCUT2D eigenvalue weighted by atomic mass is 16.4. The van der Waals surface area contributed by atoms with E-state index >= 15 is 0 Å². The first-order chi connectivity index (χ1) is 13.2. The SMILES string of the molecule is O=C(O)[C@@H]1C=CCN1C(c1ccccc1)(c1ccccc1)c1ccccc1. The number of aliphatic carboxylic acids is 1. The van der Waals surface area contributed by atoms with Gasteiger partial charge in [0.25, 0.3) is 0 Å². The van der Waals surface area contributed by atoms with Gasteiger partial charge in [-0.2, -0.15) is 0 Å². The minimum Gasteiger partial charge on any atom is -0.480 e. The van der Waals surface area contributed by atoms with Gasteiger partial charge >= 0.3 is 5.97 Å². The number of carbonyl (C=O) groups is 1. The Kier molecular flexibility index (Phi) is 4.61. The van der Waals surface area contributed by atoms with E-state index in [2.05, 4.69) is 41.3 Å². The van der Waals surface area contributed by atoms with Gasteiger partial charge in [0.2, 0.25) is 0 Å². The molecule has 0 aliphatic carbocycles. The Balaban J connectivity index is 2.06. The molecule has 134 valence electrons. The maximum Gasteiger partial charge on any atom is 0.324 e.